The van der Waals surface area contributed by atoms with E-state index in [1.165, 1.54) is 16.9 Å². The van der Waals surface area contributed by atoms with Gasteiger partial charge in [-0.1, -0.05) is 68.8 Å². The predicted octanol–water partition coefficient (Wildman–Crippen LogP) is 7.26. The first-order chi connectivity index (χ1) is 14.3. The highest BCUT2D eigenvalue weighted by Crippen LogP contribution is 2.30. The van der Waals surface area contributed by atoms with E-state index in [1.54, 1.807) is 11.8 Å². The second kappa shape index (κ2) is 24.3. The molecule has 0 amide bonds. The van der Waals surface area contributed by atoms with Gasteiger partial charge in [0.05, 0.1) is 13.2 Å². The molecule has 0 radical (unpaired) electrons. The van der Waals surface area contributed by atoms with Gasteiger partial charge in [0.15, 0.2) is 0 Å². The molecule has 0 saturated heterocycles. The second-order valence-electron chi connectivity index (χ2n) is 5.70. The van der Waals surface area contributed by atoms with Crippen molar-refractivity contribution in [2.45, 2.75) is 46.5 Å². The van der Waals surface area contributed by atoms with Crippen molar-refractivity contribution >= 4 is 16.7 Å². The van der Waals surface area contributed by atoms with Gasteiger partial charge in [0.2, 0.25) is 0 Å². The summed E-state index contributed by atoms with van der Waals surface area (Å²) in [5, 5.41) is 9.10. The van der Waals surface area contributed by atoms with Crippen molar-refractivity contribution < 1.29 is 14.6 Å². The average molecular weight is 421 g/mol. The summed E-state index contributed by atoms with van der Waals surface area (Å²) in [6.07, 6.45) is 12.9. The Morgan fingerprint density at radius 3 is 2.24 bits per heavy atom. The van der Waals surface area contributed by atoms with E-state index in [-0.39, 0.29) is 0 Å². The van der Waals surface area contributed by atoms with Crippen LogP contribution >= 0.6 is 11.8 Å². The Hall–Kier alpha value is -1.75. The van der Waals surface area contributed by atoms with E-state index in [0.717, 1.165) is 45.3 Å². The summed E-state index contributed by atoms with van der Waals surface area (Å²) in [4.78, 5) is 1.21. The minimum absolute atomic E-state index is 0.675. The number of hydrogen-bond acceptors (Lipinski definition) is 4. The lowest BCUT2D eigenvalue weighted by molar-refractivity contribution is 0.159. The Labute approximate surface area is 183 Å². The van der Waals surface area contributed by atoms with Gasteiger partial charge in [-0.15, -0.1) is 13.2 Å². The molecule has 0 fully saturated rings. The van der Waals surface area contributed by atoms with Crippen molar-refractivity contribution in [2.24, 2.45) is 0 Å². The van der Waals surface area contributed by atoms with Crippen molar-refractivity contribution in [1.29, 1.82) is 0 Å². The molecule has 0 aliphatic carbocycles. The van der Waals surface area contributed by atoms with Crippen LogP contribution in [-0.4, -0.2) is 32.0 Å². The highest BCUT2D eigenvalue weighted by atomic mass is 32.2. The third kappa shape index (κ3) is 16.9. The standard InChI is InChI=1S/C22H32O2S.C2H4.CH4O/c1-4-7-11-22(25-19-10-17-23-16-8-5-2)20-12-14-21(15-13-20)24-18-9-6-3;2*1-2/h4,7,10-15,19H,5-6,8-9,16-18H2,1-3H3;1-2H2;2H,1H3/b7-4+,19-10+,22-11-;;. The predicted molar refractivity (Wildman–Crippen MR) is 131 cm³/mol. The smallest absolute Gasteiger partial charge is 0.119 e. The zero-order chi connectivity index (χ0) is 22.2. The molecule has 0 aliphatic heterocycles. The first-order valence-electron chi connectivity index (χ1n) is 10.2. The summed E-state index contributed by atoms with van der Waals surface area (Å²) in [6, 6.07) is 8.34. The fraction of sp³-hybridized carbons (Fsp3) is 0.440. The lowest BCUT2D eigenvalue weighted by Crippen LogP contribution is -1.96. The van der Waals surface area contributed by atoms with Crippen molar-refractivity contribution in [3.05, 3.63) is 72.7 Å². The van der Waals surface area contributed by atoms with Gasteiger partial charge in [0.25, 0.3) is 0 Å². The third-order valence-corrected chi connectivity index (χ3v) is 4.45. The van der Waals surface area contributed by atoms with Gasteiger partial charge in [0.1, 0.15) is 5.75 Å². The topological polar surface area (TPSA) is 38.7 Å². The normalized spacial score (nSPS) is 11.0. The van der Waals surface area contributed by atoms with Crippen LogP contribution in [0, 0.1) is 0 Å². The number of benzene rings is 1. The minimum atomic E-state index is 0.675. The van der Waals surface area contributed by atoms with Gasteiger partial charge < -0.3 is 14.6 Å². The van der Waals surface area contributed by atoms with E-state index in [2.05, 4.69) is 62.8 Å². The fourth-order valence-corrected chi connectivity index (χ4v) is 2.75. The van der Waals surface area contributed by atoms with Crippen LogP contribution in [-0.2, 0) is 4.74 Å². The summed E-state index contributed by atoms with van der Waals surface area (Å²) < 4.78 is 11.3. The van der Waals surface area contributed by atoms with Crippen LogP contribution in [0.15, 0.2) is 67.1 Å². The molecular weight excluding hydrogens is 380 g/mol. The average Bonchev–Trinajstić information content (AvgIpc) is 2.79. The molecule has 0 atom stereocenters. The third-order valence-electron chi connectivity index (χ3n) is 3.49. The molecule has 0 saturated carbocycles. The molecular formula is C25H40O3S. The maximum atomic E-state index is 7.00. The molecule has 0 aliphatic rings. The quantitative estimate of drug-likeness (QED) is 0.207. The summed E-state index contributed by atoms with van der Waals surface area (Å²) in [7, 11) is 1.00. The van der Waals surface area contributed by atoms with Gasteiger partial charge in [0, 0.05) is 18.6 Å². The van der Waals surface area contributed by atoms with Crippen molar-refractivity contribution in [1.82, 2.24) is 0 Å². The first kappa shape index (κ1) is 29.5. The van der Waals surface area contributed by atoms with Gasteiger partial charge in [-0.25, -0.2) is 0 Å². The molecule has 29 heavy (non-hydrogen) atoms. The molecule has 0 aromatic heterocycles. The zero-order valence-electron chi connectivity index (χ0n) is 18.7. The molecule has 1 rings (SSSR count). The largest absolute Gasteiger partial charge is 0.494 e. The molecule has 164 valence electrons. The van der Waals surface area contributed by atoms with Crippen LogP contribution in [0.2, 0.25) is 0 Å². The number of aliphatic hydroxyl groups excluding tert-OH is 1. The Kier molecular flexibility index (Phi) is 24.7. The summed E-state index contributed by atoms with van der Waals surface area (Å²) in [5.74, 6) is 0.937. The number of unbranched alkanes of at least 4 members (excludes halogenated alkanes) is 2. The Bertz CT molecular complexity index is 548. The van der Waals surface area contributed by atoms with Crippen molar-refractivity contribution in [3.63, 3.8) is 0 Å². The SMILES string of the molecule is C/C=C/C=C(\S/C=C/COCCCC)c1ccc(OCCCC)cc1.C=C.CO. The maximum absolute atomic E-state index is 7.00. The number of thioether (sulfide) groups is 1. The molecule has 0 heterocycles. The van der Waals surface area contributed by atoms with Crippen LogP contribution in [0.4, 0.5) is 0 Å². The van der Waals surface area contributed by atoms with Gasteiger partial charge in [-0.3, -0.25) is 0 Å². The van der Waals surface area contributed by atoms with Gasteiger partial charge in [-0.2, -0.15) is 0 Å². The first-order valence-corrected chi connectivity index (χ1v) is 11.1. The molecule has 4 heteroatoms. The molecule has 3 nitrogen and oxygen atoms in total. The lowest BCUT2D eigenvalue weighted by atomic mass is 10.2. The maximum Gasteiger partial charge on any atom is 0.119 e. The van der Waals surface area contributed by atoms with E-state index in [0.29, 0.717) is 6.61 Å². The second-order valence-corrected chi connectivity index (χ2v) is 6.65. The fourth-order valence-electron chi connectivity index (χ4n) is 2.00. The summed E-state index contributed by atoms with van der Waals surface area (Å²) in [6.45, 7) is 14.7. The minimum Gasteiger partial charge on any atom is -0.494 e. The number of aliphatic hydroxyl groups is 1. The molecule has 1 N–H and O–H groups in total. The van der Waals surface area contributed by atoms with Crippen LogP contribution in [0.1, 0.15) is 52.0 Å². The Morgan fingerprint density at radius 1 is 1.03 bits per heavy atom. The van der Waals surface area contributed by atoms with Crippen molar-refractivity contribution in [3.8, 4) is 5.75 Å². The van der Waals surface area contributed by atoms with E-state index >= 15 is 0 Å². The van der Waals surface area contributed by atoms with Crippen LogP contribution in [0.5, 0.6) is 5.75 Å². The van der Waals surface area contributed by atoms with Crippen molar-refractivity contribution in [2.75, 3.05) is 26.9 Å². The highest BCUT2D eigenvalue weighted by molar-refractivity contribution is 8.10. The van der Waals surface area contributed by atoms with Gasteiger partial charge >= 0.3 is 0 Å². The summed E-state index contributed by atoms with van der Waals surface area (Å²) >= 11 is 1.71. The van der Waals surface area contributed by atoms with Crippen LogP contribution in [0.3, 0.4) is 0 Å². The number of ether oxygens (including phenoxy) is 2. The molecule has 1 aromatic carbocycles. The van der Waals surface area contributed by atoms with Crippen LogP contribution < -0.4 is 4.74 Å². The lowest BCUT2D eigenvalue weighted by Gasteiger charge is -2.08. The zero-order valence-corrected chi connectivity index (χ0v) is 19.5. The monoisotopic (exact) mass is 420 g/mol. The molecule has 1 aromatic rings. The molecule has 0 unspecified atom stereocenters. The van der Waals surface area contributed by atoms with E-state index in [4.69, 9.17) is 14.6 Å². The Balaban J connectivity index is 0. The van der Waals surface area contributed by atoms with E-state index in [9.17, 15) is 0 Å². The van der Waals surface area contributed by atoms with E-state index < -0.39 is 0 Å². The summed E-state index contributed by atoms with van der Waals surface area (Å²) in [5.41, 5.74) is 1.20. The number of allylic oxidation sites excluding steroid dienone is 3. The highest BCUT2D eigenvalue weighted by Gasteiger charge is 2.01. The number of hydrogen-bond donors (Lipinski definition) is 1. The van der Waals surface area contributed by atoms with Gasteiger partial charge in [-0.05, 0) is 48.9 Å². The number of rotatable bonds is 13. The van der Waals surface area contributed by atoms with Crippen LogP contribution in [0.25, 0.3) is 4.91 Å². The van der Waals surface area contributed by atoms with E-state index in [1.807, 2.05) is 25.1 Å². The molecule has 0 bridgehead atoms. The Morgan fingerprint density at radius 2 is 1.66 bits per heavy atom. The molecule has 0 spiro atoms.